The van der Waals surface area contributed by atoms with Crippen molar-refractivity contribution >= 4 is 37.3 Å². The van der Waals surface area contributed by atoms with E-state index < -0.39 is 26.0 Å². The second-order valence-corrected chi connectivity index (χ2v) is 13.1. The molecule has 214 valence electrons. The SMILES string of the molecule is CCOc1ccc(NS(=O)(=O)c2ccc(NC(=O)c3cc(S(=O)(=O)N4CCC(C)CC4)ccc3OC)cc2)cc1. The van der Waals surface area contributed by atoms with Crippen LogP contribution in [0.1, 0.15) is 37.0 Å². The Hall–Kier alpha value is -3.61. The van der Waals surface area contributed by atoms with Gasteiger partial charge in [0.1, 0.15) is 11.5 Å². The zero-order valence-corrected chi connectivity index (χ0v) is 24.2. The first kappa shape index (κ1) is 29.4. The Labute approximate surface area is 235 Å². The molecule has 0 spiro atoms. The van der Waals surface area contributed by atoms with Gasteiger partial charge in [-0.1, -0.05) is 6.92 Å². The molecule has 1 fully saturated rings. The standard InChI is InChI=1S/C28H33N3O7S2/c1-4-38-23-9-5-22(6-10-23)30-39(33,34)24-11-7-21(8-12-24)29-28(32)26-19-25(13-14-27(26)37-3)40(35,36)31-17-15-20(2)16-18-31/h5-14,19-20,30H,4,15-18H2,1-3H3,(H,29,32). The minimum atomic E-state index is -3.88. The summed E-state index contributed by atoms with van der Waals surface area (Å²) >= 11 is 0. The van der Waals surface area contributed by atoms with Crippen LogP contribution in [0.25, 0.3) is 0 Å². The molecule has 0 unspecified atom stereocenters. The van der Waals surface area contributed by atoms with Crippen molar-refractivity contribution in [2.45, 2.75) is 36.5 Å². The molecule has 40 heavy (non-hydrogen) atoms. The van der Waals surface area contributed by atoms with Crippen molar-refractivity contribution in [2.24, 2.45) is 5.92 Å². The molecule has 0 saturated carbocycles. The summed E-state index contributed by atoms with van der Waals surface area (Å²) in [5.74, 6) is 0.714. The topological polar surface area (TPSA) is 131 Å². The molecule has 0 aromatic heterocycles. The molecule has 2 N–H and O–H groups in total. The van der Waals surface area contributed by atoms with E-state index in [0.29, 0.717) is 42.7 Å². The first-order valence-corrected chi connectivity index (χ1v) is 15.8. The van der Waals surface area contributed by atoms with Crippen molar-refractivity contribution < 1.29 is 31.1 Å². The summed E-state index contributed by atoms with van der Waals surface area (Å²) in [6.45, 7) is 5.32. The van der Waals surface area contributed by atoms with E-state index in [2.05, 4.69) is 17.0 Å². The third-order valence-electron chi connectivity index (χ3n) is 6.64. The summed E-state index contributed by atoms with van der Waals surface area (Å²) in [5.41, 5.74) is 0.745. The third-order valence-corrected chi connectivity index (χ3v) is 9.93. The number of carbonyl (C=O) groups excluding carboxylic acids is 1. The van der Waals surface area contributed by atoms with Gasteiger partial charge in [-0.2, -0.15) is 4.31 Å². The molecular weight excluding hydrogens is 554 g/mol. The molecule has 3 aromatic carbocycles. The second-order valence-electron chi connectivity index (χ2n) is 9.49. The number of amides is 1. The van der Waals surface area contributed by atoms with Crippen LogP contribution in [0.15, 0.2) is 76.5 Å². The highest BCUT2D eigenvalue weighted by atomic mass is 32.2. The summed E-state index contributed by atoms with van der Waals surface area (Å²) in [6.07, 6.45) is 1.56. The summed E-state index contributed by atoms with van der Waals surface area (Å²) < 4.78 is 66.7. The molecule has 3 aromatic rings. The van der Waals surface area contributed by atoms with Crippen molar-refractivity contribution in [2.75, 3.05) is 36.8 Å². The zero-order valence-electron chi connectivity index (χ0n) is 22.6. The van der Waals surface area contributed by atoms with Crippen LogP contribution < -0.4 is 19.5 Å². The lowest BCUT2D eigenvalue weighted by molar-refractivity contribution is 0.102. The van der Waals surface area contributed by atoms with Crippen molar-refractivity contribution in [3.8, 4) is 11.5 Å². The van der Waals surface area contributed by atoms with Gasteiger partial charge in [0.15, 0.2) is 0 Å². The van der Waals surface area contributed by atoms with Gasteiger partial charge in [0.05, 0.1) is 29.1 Å². The van der Waals surface area contributed by atoms with Gasteiger partial charge in [0.25, 0.3) is 15.9 Å². The Morgan fingerprint density at radius 3 is 2.10 bits per heavy atom. The smallest absolute Gasteiger partial charge is 0.261 e. The van der Waals surface area contributed by atoms with Crippen LogP contribution in [0.2, 0.25) is 0 Å². The number of nitrogens with one attached hydrogen (secondary N) is 2. The van der Waals surface area contributed by atoms with Crippen molar-refractivity contribution in [3.63, 3.8) is 0 Å². The van der Waals surface area contributed by atoms with Crippen LogP contribution in [0.3, 0.4) is 0 Å². The van der Waals surface area contributed by atoms with Gasteiger partial charge in [0, 0.05) is 24.5 Å². The predicted molar refractivity (Wildman–Crippen MR) is 153 cm³/mol. The largest absolute Gasteiger partial charge is 0.496 e. The summed E-state index contributed by atoms with van der Waals surface area (Å²) in [5, 5.41) is 2.69. The van der Waals surface area contributed by atoms with E-state index in [1.165, 1.54) is 53.9 Å². The minimum Gasteiger partial charge on any atom is -0.496 e. The van der Waals surface area contributed by atoms with Gasteiger partial charge in [-0.3, -0.25) is 9.52 Å². The Bertz CT molecular complexity index is 1550. The number of nitrogens with zero attached hydrogens (tertiary/aromatic N) is 1. The van der Waals surface area contributed by atoms with E-state index in [1.54, 1.807) is 24.3 Å². The van der Waals surface area contributed by atoms with E-state index in [-0.39, 0.29) is 21.1 Å². The van der Waals surface area contributed by atoms with Gasteiger partial charge >= 0.3 is 0 Å². The van der Waals surface area contributed by atoms with Crippen LogP contribution >= 0.6 is 0 Å². The summed E-state index contributed by atoms with van der Waals surface area (Å²) in [7, 11) is -6.26. The first-order valence-electron chi connectivity index (χ1n) is 12.9. The first-order chi connectivity index (χ1) is 19.0. The monoisotopic (exact) mass is 587 g/mol. The van der Waals surface area contributed by atoms with Crippen LogP contribution in [0.4, 0.5) is 11.4 Å². The number of anilines is 2. The Morgan fingerprint density at radius 2 is 1.50 bits per heavy atom. The van der Waals surface area contributed by atoms with Gasteiger partial charge in [-0.15, -0.1) is 0 Å². The Morgan fingerprint density at radius 1 is 0.900 bits per heavy atom. The van der Waals surface area contributed by atoms with Gasteiger partial charge in [-0.25, -0.2) is 16.8 Å². The zero-order chi connectivity index (χ0) is 28.9. The molecule has 10 nitrogen and oxygen atoms in total. The average molecular weight is 588 g/mol. The van der Waals surface area contributed by atoms with Gasteiger partial charge in [-0.05, 0) is 92.4 Å². The summed E-state index contributed by atoms with van der Waals surface area (Å²) in [4.78, 5) is 13.2. The van der Waals surface area contributed by atoms with E-state index in [0.717, 1.165) is 12.8 Å². The molecule has 1 aliphatic rings. The maximum atomic E-state index is 13.2. The average Bonchev–Trinajstić information content (AvgIpc) is 2.94. The maximum Gasteiger partial charge on any atom is 0.261 e. The fourth-order valence-corrected chi connectivity index (χ4v) is 6.87. The van der Waals surface area contributed by atoms with Crippen molar-refractivity contribution in [1.82, 2.24) is 4.31 Å². The lowest BCUT2D eigenvalue weighted by atomic mass is 10.0. The lowest BCUT2D eigenvalue weighted by Crippen LogP contribution is -2.37. The number of carbonyl (C=O) groups is 1. The second kappa shape index (κ2) is 12.3. The fourth-order valence-electron chi connectivity index (χ4n) is 4.32. The van der Waals surface area contributed by atoms with E-state index in [4.69, 9.17) is 9.47 Å². The minimum absolute atomic E-state index is 0.000838. The molecule has 1 heterocycles. The number of hydrogen-bond donors (Lipinski definition) is 2. The van der Waals surface area contributed by atoms with Crippen LogP contribution in [-0.4, -0.2) is 53.9 Å². The van der Waals surface area contributed by atoms with Gasteiger partial charge in [0.2, 0.25) is 10.0 Å². The quantitative estimate of drug-likeness (QED) is 0.355. The maximum absolute atomic E-state index is 13.2. The van der Waals surface area contributed by atoms with Crippen LogP contribution in [-0.2, 0) is 20.0 Å². The Balaban J connectivity index is 1.49. The molecule has 0 aliphatic carbocycles. The molecule has 1 saturated heterocycles. The molecule has 1 amide bonds. The molecule has 12 heteroatoms. The number of benzene rings is 3. The Kier molecular flexibility index (Phi) is 9.02. The van der Waals surface area contributed by atoms with E-state index in [9.17, 15) is 21.6 Å². The predicted octanol–water partition coefficient (Wildman–Crippen LogP) is 4.57. The van der Waals surface area contributed by atoms with Gasteiger partial charge < -0.3 is 14.8 Å². The molecular formula is C28H33N3O7S2. The van der Waals surface area contributed by atoms with E-state index >= 15 is 0 Å². The van der Waals surface area contributed by atoms with E-state index in [1.807, 2.05) is 6.92 Å². The molecule has 1 aliphatic heterocycles. The summed E-state index contributed by atoms with van der Waals surface area (Å²) in [6, 6.07) is 16.4. The molecule has 0 atom stereocenters. The lowest BCUT2D eigenvalue weighted by Gasteiger charge is -2.29. The number of methoxy groups -OCH3 is 1. The van der Waals surface area contributed by atoms with Crippen molar-refractivity contribution in [1.29, 1.82) is 0 Å². The third kappa shape index (κ3) is 6.75. The number of rotatable bonds is 10. The highest BCUT2D eigenvalue weighted by Crippen LogP contribution is 2.28. The number of hydrogen-bond acceptors (Lipinski definition) is 7. The van der Waals surface area contributed by atoms with Crippen LogP contribution in [0, 0.1) is 5.92 Å². The number of sulfonamides is 2. The molecule has 0 radical (unpaired) electrons. The number of ether oxygens (including phenoxy) is 2. The highest BCUT2D eigenvalue weighted by molar-refractivity contribution is 7.92. The van der Waals surface area contributed by atoms with Crippen molar-refractivity contribution in [3.05, 3.63) is 72.3 Å². The molecule has 0 bridgehead atoms. The fraction of sp³-hybridized carbons (Fsp3) is 0.321. The van der Waals surface area contributed by atoms with Crippen LogP contribution in [0.5, 0.6) is 11.5 Å². The molecule has 4 rings (SSSR count). The number of piperidine rings is 1. The highest BCUT2D eigenvalue weighted by Gasteiger charge is 2.29. The normalized spacial score (nSPS) is 14.9.